The summed E-state index contributed by atoms with van der Waals surface area (Å²) in [5, 5.41) is 1.93. The number of aromatic nitrogens is 2. The molecule has 1 aromatic carbocycles. The molecule has 2 fully saturated rings. The van der Waals surface area contributed by atoms with E-state index in [0.29, 0.717) is 4.91 Å². The lowest BCUT2D eigenvalue weighted by Crippen LogP contribution is -2.29. The summed E-state index contributed by atoms with van der Waals surface area (Å²) in [5.74, 6) is 0.529. The molecule has 3 heterocycles. The van der Waals surface area contributed by atoms with Crippen LogP contribution in [0.1, 0.15) is 12.0 Å². The molecule has 0 radical (unpaired) electrons. The van der Waals surface area contributed by atoms with Gasteiger partial charge in [0.15, 0.2) is 0 Å². The number of thioether (sulfide) groups is 1. The van der Waals surface area contributed by atoms with Gasteiger partial charge in [-0.1, -0.05) is 18.2 Å². The van der Waals surface area contributed by atoms with E-state index in [1.165, 1.54) is 0 Å². The van der Waals surface area contributed by atoms with Gasteiger partial charge in [-0.2, -0.15) is 0 Å². The molecule has 2 saturated heterocycles. The largest absolute Gasteiger partial charge is 0.354 e. The van der Waals surface area contributed by atoms with Crippen LogP contribution in [0.3, 0.4) is 0 Å². The Morgan fingerprint density at radius 2 is 2.04 bits per heavy atom. The molecule has 0 saturated carbocycles. The van der Waals surface area contributed by atoms with Gasteiger partial charge >= 0.3 is 0 Å². The highest BCUT2D eigenvalue weighted by molar-refractivity contribution is 8.18. The van der Waals surface area contributed by atoms with Crippen molar-refractivity contribution in [3.63, 3.8) is 0 Å². The van der Waals surface area contributed by atoms with Gasteiger partial charge in [0.05, 0.1) is 23.0 Å². The fraction of sp³-hybridized carbons (Fsp3) is 0.300. The van der Waals surface area contributed by atoms with E-state index in [9.17, 15) is 9.59 Å². The zero-order chi connectivity index (χ0) is 19.5. The first kappa shape index (κ1) is 18.6. The van der Waals surface area contributed by atoms with Crippen LogP contribution in [0.4, 0.5) is 10.6 Å². The molecule has 0 unspecified atom stereocenters. The number of amides is 2. The Hall–Kier alpha value is -2.71. The van der Waals surface area contributed by atoms with Gasteiger partial charge in [-0.05, 0) is 49.5 Å². The third-order valence-corrected chi connectivity index (χ3v) is 5.60. The van der Waals surface area contributed by atoms with E-state index in [4.69, 9.17) is 4.98 Å². The molecule has 0 bridgehead atoms. The van der Waals surface area contributed by atoms with Gasteiger partial charge in [0.1, 0.15) is 5.82 Å². The number of imide groups is 1. The van der Waals surface area contributed by atoms with Crippen LogP contribution in [0.15, 0.2) is 41.6 Å². The van der Waals surface area contributed by atoms with Gasteiger partial charge in [-0.25, -0.2) is 4.98 Å². The summed E-state index contributed by atoms with van der Waals surface area (Å²) >= 11 is 0.916. The van der Waals surface area contributed by atoms with Crippen LogP contribution < -0.4 is 10.2 Å². The fourth-order valence-electron chi connectivity index (χ4n) is 3.28. The molecule has 1 aromatic heterocycles. The quantitative estimate of drug-likeness (QED) is 0.801. The summed E-state index contributed by atoms with van der Waals surface area (Å²) in [4.78, 5) is 37.3. The molecular weight excluding hydrogens is 374 g/mol. The molecule has 2 aliphatic heterocycles. The van der Waals surface area contributed by atoms with Crippen LogP contribution >= 0.6 is 11.8 Å². The maximum Gasteiger partial charge on any atom is 0.290 e. The first-order chi connectivity index (χ1) is 13.6. The van der Waals surface area contributed by atoms with E-state index in [-0.39, 0.29) is 11.1 Å². The van der Waals surface area contributed by atoms with Crippen molar-refractivity contribution in [2.45, 2.75) is 6.42 Å². The molecule has 0 aliphatic carbocycles. The molecule has 28 heavy (non-hydrogen) atoms. The van der Waals surface area contributed by atoms with E-state index in [1.54, 1.807) is 12.3 Å². The SMILES string of the molecule is CN1CCCN(c2cncc(-c3cccc(C=C4SC(=O)NC4=O)c3)n2)CC1. The number of anilines is 1. The number of hydrogen-bond donors (Lipinski definition) is 1. The third kappa shape index (κ3) is 4.23. The third-order valence-electron chi connectivity index (χ3n) is 4.79. The minimum Gasteiger partial charge on any atom is -0.354 e. The van der Waals surface area contributed by atoms with Crippen molar-refractivity contribution in [1.82, 2.24) is 20.2 Å². The first-order valence-electron chi connectivity index (χ1n) is 9.19. The van der Waals surface area contributed by atoms with Gasteiger partial charge in [0, 0.05) is 25.2 Å². The predicted octanol–water partition coefficient (Wildman–Crippen LogP) is 2.61. The fourth-order valence-corrected chi connectivity index (χ4v) is 3.97. The molecular formula is C20H21N5O2S. The molecule has 2 aromatic rings. The molecule has 2 aliphatic rings. The lowest BCUT2D eigenvalue weighted by molar-refractivity contribution is -0.115. The highest BCUT2D eigenvalue weighted by Crippen LogP contribution is 2.27. The summed E-state index contributed by atoms with van der Waals surface area (Å²) < 4.78 is 0. The number of carbonyl (C=O) groups excluding carboxylic acids is 2. The van der Waals surface area contributed by atoms with E-state index >= 15 is 0 Å². The normalized spacial score (nSPS) is 19.8. The second-order valence-electron chi connectivity index (χ2n) is 6.88. The first-order valence-corrected chi connectivity index (χ1v) is 10.0. The molecule has 2 amide bonds. The molecule has 0 spiro atoms. The maximum absolute atomic E-state index is 11.8. The van der Waals surface area contributed by atoms with Crippen LogP contribution in [-0.4, -0.2) is 59.2 Å². The van der Waals surface area contributed by atoms with Crippen LogP contribution in [-0.2, 0) is 4.79 Å². The second kappa shape index (κ2) is 8.12. The summed E-state index contributed by atoms with van der Waals surface area (Å²) in [5.41, 5.74) is 2.55. The standard InChI is InChI=1S/C20H21N5O2S/c1-24-6-3-7-25(9-8-24)18-13-21-12-16(22-18)15-5-2-4-14(10-15)11-17-19(26)23-20(27)28-17/h2,4-5,10-13H,3,6-9H2,1H3,(H,23,26,27). The summed E-state index contributed by atoms with van der Waals surface area (Å²) in [6.45, 7) is 4.00. The maximum atomic E-state index is 11.8. The van der Waals surface area contributed by atoms with E-state index in [0.717, 1.165) is 67.0 Å². The lowest BCUT2D eigenvalue weighted by Gasteiger charge is -2.21. The molecule has 7 nitrogen and oxygen atoms in total. The molecule has 4 rings (SSSR count). The average molecular weight is 395 g/mol. The van der Waals surface area contributed by atoms with Gasteiger partial charge in [-0.3, -0.25) is 19.9 Å². The Kier molecular flexibility index (Phi) is 5.40. The van der Waals surface area contributed by atoms with Crippen molar-refractivity contribution < 1.29 is 9.59 Å². The number of hydrogen-bond acceptors (Lipinski definition) is 7. The molecule has 1 N–H and O–H groups in total. The van der Waals surface area contributed by atoms with Gasteiger partial charge in [-0.15, -0.1) is 0 Å². The highest BCUT2D eigenvalue weighted by Gasteiger charge is 2.25. The van der Waals surface area contributed by atoms with E-state index < -0.39 is 0 Å². The Morgan fingerprint density at radius 1 is 1.14 bits per heavy atom. The molecule has 8 heteroatoms. The van der Waals surface area contributed by atoms with Crippen molar-refractivity contribution in [3.05, 3.63) is 47.1 Å². The van der Waals surface area contributed by atoms with Crippen molar-refractivity contribution >= 4 is 34.8 Å². The van der Waals surface area contributed by atoms with Gasteiger partial charge < -0.3 is 9.80 Å². The Morgan fingerprint density at radius 3 is 2.86 bits per heavy atom. The number of likely N-dealkylation sites (N-methyl/N-ethyl adjacent to an activating group) is 1. The Labute approximate surface area is 167 Å². The van der Waals surface area contributed by atoms with Crippen LogP contribution in [0.25, 0.3) is 17.3 Å². The second-order valence-corrected chi connectivity index (χ2v) is 7.90. The Bertz CT molecular complexity index is 946. The lowest BCUT2D eigenvalue weighted by atomic mass is 10.1. The zero-order valence-corrected chi connectivity index (χ0v) is 16.4. The number of nitrogens with zero attached hydrogens (tertiary/aromatic N) is 4. The van der Waals surface area contributed by atoms with Crippen molar-refractivity contribution in [1.29, 1.82) is 0 Å². The van der Waals surface area contributed by atoms with Crippen LogP contribution in [0.2, 0.25) is 0 Å². The number of benzene rings is 1. The van der Waals surface area contributed by atoms with E-state index in [2.05, 4.69) is 27.1 Å². The average Bonchev–Trinajstić information content (AvgIpc) is 2.88. The van der Waals surface area contributed by atoms with Gasteiger partial charge in [0.2, 0.25) is 0 Å². The minimum atomic E-state index is -0.353. The van der Waals surface area contributed by atoms with Crippen LogP contribution in [0.5, 0.6) is 0 Å². The van der Waals surface area contributed by atoms with Crippen molar-refractivity contribution in [2.24, 2.45) is 0 Å². The van der Waals surface area contributed by atoms with Crippen molar-refractivity contribution in [3.8, 4) is 11.3 Å². The van der Waals surface area contributed by atoms with Crippen LogP contribution in [0, 0.1) is 0 Å². The number of carbonyl (C=O) groups is 2. The minimum absolute atomic E-state index is 0.339. The molecule has 144 valence electrons. The van der Waals surface area contributed by atoms with Gasteiger partial charge in [0.25, 0.3) is 11.1 Å². The smallest absolute Gasteiger partial charge is 0.290 e. The summed E-state index contributed by atoms with van der Waals surface area (Å²) in [6, 6.07) is 7.73. The summed E-state index contributed by atoms with van der Waals surface area (Å²) in [7, 11) is 2.14. The monoisotopic (exact) mass is 395 g/mol. The van der Waals surface area contributed by atoms with Crippen molar-refractivity contribution in [2.75, 3.05) is 38.1 Å². The molecule has 0 atom stereocenters. The number of nitrogens with one attached hydrogen (secondary N) is 1. The number of rotatable bonds is 3. The van der Waals surface area contributed by atoms with E-state index in [1.807, 2.05) is 30.5 Å². The zero-order valence-electron chi connectivity index (χ0n) is 15.6. The highest BCUT2D eigenvalue weighted by atomic mass is 32.2. The summed E-state index contributed by atoms with van der Waals surface area (Å²) in [6.07, 6.45) is 6.38. The topological polar surface area (TPSA) is 78.4 Å². The Balaban J connectivity index is 1.59. The predicted molar refractivity (Wildman–Crippen MR) is 111 cm³/mol.